The van der Waals surface area contributed by atoms with Crippen LogP contribution in [0.4, 0.5) is 0 Å². The van der Waals surface area contributed by atoms with Gasteiger partial charge in [-0.25, -0.2) is 0 Å². The van der Waals surface area contributed by atoms with Gasteiger partial charge in [0.2, 0.25) is 11.2 Å². The number of benzene rings is 2. The third kappa shape index (κ3) is 1.40. The average molecular weight is 260 g/mol. The SMILES string of the molecule is O=c1c2ccc(O)c(O)c2oc2c(O)ccc(O)c12. The molecule has 3 rings (SSSR count). The molecule has 0 saturated carbocycles. The van der Waals surface area contributed by atoms with E-state index in [0.717, 1.165) is 12.1 Å². The molecular formula is C13H8O6. The fourth-order valence-corrected chi connectivity index (χ4v) is 1.96. The maximum absolute atomic E-state index is 12.2. The molecule has 1 heterocycles. The highest BCUT2D eigenvalue weighted by Crippen LogP contribution is 2.37. The summed E-state index contributed by atoms with van der Waals surface area (Å²) in [6.45, 7) is 0. The Balaban J connectivity index is 2.68. The van der Waals surface area contributed by atoms with Gasteiger partial charge < -0.3 is 24.8 Å². The van der Waals surface area contributed by atoms with Gasteiger partial charge in [-0.05, 0) is 24.3 Å². The van der Waals surface area contributed by atoms with Crippen LogP contribution in [-0.2, 0) is 0 Å². The smallest absolute Gasteiger partial charge is 0.204 e. The molecule has 0 aliphatic heterocycles. The Kier molecular flexibility index (Phi) is 2.10. The van der Waals surface area contributed by atoms with Crippen LogP contribution in [-0.4, -0.2) is 20.4 Å². The predicted molar refractivity (Wildman–Crippen MR) is 66.6 cm³/mol. The second-order valence-electron chi connectivity index (χ2n) is 4.05. The number of aromatic hydroxyl groups is 4. The molecule has 0 fully saturated rings. The molecule has 0 aliphatic rings. The van der Waals surface area contributed by atoms with Gasteiger partial charge in [0, 0.05) is 0 Å². The maximum Gasteiger partial charge on any atom is 0.204 e. The third-order valence-corrected chi connectivity index (χ3v) is 2.90. The Labute approximate surface area is 105 Å². The summed E-state index contributed by atoms with van der Waals surface area (Å²) < 4.78 is 5.23. The van der Waals surface area contributed by atoms with Crippen molar-refractivity contribution in [2.75, 3.05) is 0 Å². The van der Waals surface area contributed by atoms with Crippen molar-refractivity contribution < 1.29 is 24.8 Å². The molecule has 0 spiro atoms. The van der Waals surface area contributed by atoms with Crippen LogP contribution in [0.1, 0.15) is 0 Å². The molecule has 0 unspecified atom stereocenters. The molecule has 3 aromatic rings. The van der Waals surface area contributed by atoms with Crippen LogP contribution < -0.4 is 5.43 Å². The first-order valence-corrected chi connectivity index (χ1v) is 5.33. The lowest BCUT2D eigenvalue weighted by Crippen LogP contribution is -2.02. The quantitative estimate of drug-likeness (QED) is 0.278. The first-order chi connectivity index (χ1) is 9.00. The monoisotopic (exact) mass is 260 g/mol. The van der Waals surface area contributed by atoms with E-state index < -0.39 is 16.9 Å². The van der Waals surface area contributed by atoms with E-state index in [-0.39, 0.29) is 33.4 Å². The van der Waals surface area contributed by atoms with Gasteiger partial charge in [0.25, 0.3) is 0 Å². The highest BCUT2D eigenvalue weighted by Gasteiger charge is 2.18. The number of phenols is 4. The normalized spacial score (nSPS) is 11.2. The van der Waals surface area contributed by atoms with Crippen molar-refractivity contribution in [2.45, 2.75) is 0 Å². The van der Waals surface area contributed by atoms with Gasteiger partial charge in [0.1, 0.15) is 11.1 Å². The Hall–Kier alpha value is -2.89. The minimum Gasteiger partial charge on any atom is -0.507 e. The first-order valence-electron chi connectivity index (χ1n) is 5.33. The summed E-state index contributed by atoms with van der Waals surface area (Å²) in [7, 11) is 0. The fourth-order valence-electron chi connectivity index (χ4n) is 1.96. The summed E-state index contributed by atoms with van der Waals surface area (Å²) in [4.78, 5) is 12.2. The van der Waals surface area contributed by atoms with E-state index in [1.165, 1.54) is 12.1 Å². The molecule has 0 saturated heterocycles. The van der Waals surface area contributed by atoms with E-state index in [2.05, 4.69) is 0 Å². The zero-order chi connectivity index (χ0) is 13.7. The minimum absolute atomic E-state index is 0.0105. The molecule has 0 bridgehead atoms. The van der Waals surface area contributed by atoms with Crippen molar-refractivity contribution in [2.24, 2.45) is 0 Å². The molecule has 6 nitrogen and oxygen atoms in total. The lowest BCUT2D eigenvalue weighted by atomic mass is 10.1. The summed E-state index contributed by atoms with van der Waals surface area (Å²) in [5.41, 5.74) is -1.11. The molecule has 2 aromatic carbocycles. The van der Waals surface area contributed by atoms with Gasteiger partial charge in [-0.15, -0.1) is 0 Å². The van der Waals surface area contributed by atoms with Crippen LogP contribution in [0, 0.1) is 0 Å². The summed E-state index contributed by atoms with van der Waals surface area (Å²) in [5.74, 6) is -1.74. The van der Waals surface area contributed by atoms with Crippen LogP contribution in [0.3, 0.4) is 0 Å². The molecule has 0 amide bonds. The molecule has 1 aromatic heterocycles. The molecule has 6 heteroatoms. The number of rotatable bonds is 0. The standard InChI is InChI=1S/C13H8O6/c14-6-3-4-8(16)13-9(6)10(17)5-1-2-7(15)11(18)12(5)19-13/h1-4,14-16,18H. The predicted octanol–water partition coefficient (Wildman–Crippen LogP) is 1.77. The van der Waals surface area contributed by atoms with Crippen molar-refractivity contribution in [3.8, 4) is 23.0 Å². The minimum atomic E-state index is -0.611. The van der Waals surface area contributed by atoms with Crippen LogP contribution in [0.25, 0.3) is 21.9 Å². The van der Waals surface area contributed by atoms with E-state index in [9.17, 15) is 25.2 Å². The Morgan fingerprint density at radius 3 is 2.16 bits per heavy atom. The number of fused-ring (bicyclic) bond motifs is 2. The summed E-state index contributed by atoms with van der Waals surface area (Å²) in [6.07, 6.45) is 0. The van der Waals surface area contributed by atoms with E-state index >= 15 is 0 Å². The highest BCUT2D eigenvalue weighted by molar-refractivity contribution is 5.97. The van der Waals surface area contributed by atoms with Gasteiger partial charge in [0.15, 0.2) is 22.7 Å². The van der Waals surface area contributed by atoms with E-state index in [1.54, 1.807) is 0 Å². The molecule has 0 atom stereocenters. The van der Waals surface area contributed by atoms with Gasteiger partial charge in [-0.1, -0.05) is 0 Å². The number of hydrogen-bond donors (Lipinski definition) is 4. The maximum atomic E-state index is 12.2. The highest BCUT2D eigenvalue weighted by atomic mass is 16.4. The lowest BCUT2D eigenvalue weighted by Gasteiger charge is -2.06. The van der Waals surface area contributed by atoms with Gasteiger partial charge >= 0.3 is 0 Å². The molecule has 96 valence electrons. The van der Waals surface area contributed by atoms with Crippen molar-refractivity contribution in [1.82, 2.24) is 0 Å². The number of hydrogen-bond acceptors (Lipinski definition) is 6. The van der Waals surface area contributed by atoms with Crippen LogP contribution in [0.5, 0.6) is 23.0 Å². The summed E-state index contributed by atoms with van der Waals surface area (Å²) in [5, 5.41) is 38.2. The van der Waals surface area contributed by atoms with E-state index in [0.29, 0.717) is 0 Å². The molecular weight excluding hydrogens is 252 g/mol. The van der Waals surface area contributed by atoms with Crippen LogP contribution in [0.15, 0.2) is 33.5 Å². The van der Waals surface area contributed by atoms with Crippen molar-refractivity contribution in [3.05, 3.63) is 34.5 Å². The summed E-state index contributed by atoms with van der Waals surface area (Å²) in [6, 6.07) is 4.73. The molecule has 19 heavy (non-hydrogen) atoms. The molecule has 0 radical (unpaired) electrons. The largest absolute Gasteiger partial charge is 0.507 e. The Morgan fingerprint density at radius 2 is 1.42 bits per heavy atom. The lowest BCUT2D eigenvalue weighted by molar-refractivity contribution is 0.400. The molecule has 0 aliphatic carbocycles. The van der Waals surface area contributed by atoms with Crippen LogP contribution >= 0.6 is 0 Å². The van der Waals surface area contributed by atoms with Gasteiger partial charge in [-0.3, -0.25) is 4.79 Å². The average Bonchev–Trinajstić information content (AvgIpc) is 2.39. The van der Waals surface area contributed by atoms with Crippen molar-refractivity contribution in [1.29, 1.82) is 0 Å². The van der Waals surface area contributed by atoms with E-state index in [1.807, 2.05) is 0 Å². The molecule has 4 N–H and O–H groups in total. The first kappa shape index (κ1) is 11.2. The fraction of sp³-hybridized carbons (Fsp3) is 0. The van der Waals surface area contributed by atoms with E-state index in [4.69, 9.17) is 4.42 Å². The Bertz CT molecular complexity index is 877. The van der Waals surface area contributed by atoms with Crippen LogP contribution in [0.2, 0.25) is 0 Å². The third-order valence-electron chi connectivity index (χ3n) is 2.90. The summed E-state index contributed by atoms with van der Waals surface area (Å²) >= 11 is 0. The second kappa shape index (κ2) is 3.55. The topological polar surface area (TPSA) is 111 Å². The number of phenolic OH excluding ortho intramolecular Hbond substituents is 4. The van der Waals surface area contributed by atoms with Crippen molar-refractivity contribution in [3.63, 3.8) is 0 Å². The van der Waals surface area contributed by atoms with Gasteiger partial charge in [0.05, 0.1) is 5.39 Å². The zero-order valence-electron chi connectivity index (χ0n) is 9.41. The van der Waals surface area contributed by atoms with Gasteiger partial charge in [-0.2, -0.15) is 0 Å². The van der Waals surface area contributed by atoms with Crippen molar-refractivity contribution >= 4 is 21.9 Å². The second-order valence-corrected chi connectivity index (χ2v) is 4.05. The Morgan fingerprint density at radius 1 is 0.789 bits per heavy atom. The zero-order valence-corrected chi connectivity index (χ0v) is 9.41.